The number of benzene rings is 1. The van der Waals surface area contributed by atoms with Crippen molar-refractivity contribution >= 4 is 18.0 Å². The molecule has 0 bridgehead atoms. The number of H-pyrrole nitrogens is 1. The SMILES string of the molecule is NCCCNc1cncc(-c2cccc(/C=C/c3nnn[nH]3)c2)n1. The fourth-order valence-electron chi connectivity index (χ4n) is 2.12. The Bertz CT molecular complexity index is 797. The minimum absolute atomic E-state index is 0.603. The van der Waals surface area contributed by atoms with Gasteiger partial charge in [-0.25, -0.2) is 10.1 Å². The molecule has 122 valence electrons. The Labute approximate surface area is 139 Å². The quantitative estimate of drug-likeness (QED) is 0.565. The van der Waals surface area contributed by atoms with Gasteiger partial charge in [0.15, 0.2) is 5.82 Å². The van der Waals surface area contributed by atoms with Crippen LogP contribution in [0.4, 0.5) is 5.82 Å². The molecular weight excluding hydrogens is 304 g/mol. The fraction of sp³-hybridized carbons (Fsp3) is 0.188. The summed E-state index contributed by atoms with van der Waals surface area (Å²) in [5.41, 5.74) is 8.32. The third-order valence-electron chi connectivity index (χ3n) is 3.30. The first-order chi connectivity index (χ1) is 11.8. The van der Waals surface area contributed by atoms with E-state index in [4.69, 9.17) is 5.73 Å². The summed E-state index contributed by atoms with van der Waals surface area (Å²) in [6.45, 7) is 1.43. The summed E-state index contributed by atoms with van der Waals surface area (Å²) in [5, 5.41) is 16.8. The molecule has 0 aliphatic carbocycles. The van der Waals surface area contributed by atoms with Crippen LogP contribution in [0.1, 0.15) is 17.8 Å². The Morgan fingerprint density at radius 1 is 1.21 bits per heavy atom. The van der Waals surface area contributed by atoms with Crippen molar-refractivity contribution in [1.82, 2.24) is 30.6 Å². The first kappa shape index (κ1) is 15.8. The second-order valence-corrected chi connectivity index (χ2v) is 5.10. The molecule has 0 aliphatic heterocycles. The summed E-state index contributed by atoms with van der Waals surface area (Å²) in [6.07, 6.45) is 8.10. The van der Waals surface area contributed by atoms with E-state index in [0.717, 1.165) is 35.6 Å². The zero-order valence-corrected chi connectivity index (χ0v) is 13.1. The van der Waals surface area contributed by atoms with E-state index in [1.54, 1.807) is 12.4 Å². The third-order valence-corrected chi connectivity index (χ3v) is 3.30. The second-order valence-electron chi connectivity index (χ2n) is 5.10. The van der Waals surface area contributed by atoms with E-state index in [1.165, 1.54) is 0 Å². The summed E-state index contributed by atoms with van der Waals surface area (Å²) in [7, 11) is 0. The minimum atomic E-state index is 0.603. The van der Waals surface area contributed by atoms with Crippen LogP contribution < -0.4 is 11.1 Å². The first-order valence-electron chi connectivity index (χ1n) is 7.63. The third kappa shape index (κ3) is 4.20. The maximum Gasteiger partial charge on any atom is 0.172 e. The zero-order chi connectivity index (χ0) is 16.6. The number of hydrogen-bond donors (Lipinski definition) is 3. The molecule has 0 aliphatic rings. The van der Waals surface area contributed by atoms with Gasteiger partial charge in [-0.2, -0.15) is 0 Å². The van der Waals surface area contributed by atoms with Gasteiger partial charge in [0.2, 0.25) is 0 Å². The summed E-state index contributed by atoms with van der Waals surface area (Å²) in [5.74, 6) is 1.35. The summed E-state index contributed by atoms with van der Waals surface area (Å²) in [4.78, 5) is 8.84. The molecule has 8 heteroatoms. The molecule has 4 N–H and O–H groups in total. The molecule has 2 heterocycles. The Morgan fingerprint density at radius 3 is 3.00 bits per heavy atom. The van der Waals surface area contributed by atoms with Gasteiger partial charge < -0.3 is 11.1 Å². The van der Waals surface area contributed by atoms with E-state index in [0.29, 0.717) is 12.4 Å². The van der Waals surface area contributed by atoms with Crippen LogP contribution in [0.2, 0.25) is 0 Å². The smallest absolute Gasteiger partial charge is 0.172 e. The van der Waals surface area contributed by atoms with Crippen molar-refractivity contribution in [2.75, 3.05) is 18.4 Å². The number of nitrogens with zero attached hydrogens (tertiary/aromatic N) is 5. The van der Waals surface area contributed by atoms with Crippen LogP contribution in [0.5, 0.6) is 0 Å². The van der Waals surface area contributed by atoms with E-state index in [9.17, 15) is 0 Å². The lowest BCUT2D eigenvalue weighted by Crippen LogP contribution is -2.09. The number of nitrogens with one attached hydrogen (secondary N) is 2. The lowest BCUT2D eigenvalue weighted by molar-refractivity contribution is 0.869. The lowest BCUT2D eigenvalue weighted by Gasteiger charge is -2.07. The molecule has 0 saturated carbocycles. The Balaban J connectivity index is 1.77. The highest BCUT2D eigenvalue weighted by molar-refractivity contribution is 5.71. The van der Waals surface area contributed by atoms with Gasteiger partial charge >= 0.3 is 0 Å². The van der Waals surface area contributed by atoms with Crippen molar-refractivity contribution in [1.29, 1.82) is 0 Å². The van der Waals surface area contributed by atoms with Crippen molar-refractivity contribution in [2.45, 2.75) is 6.42 Å². The Kier molecular flexibility index (Phi) is 5.21. The molecule has 0 fully saturated rings. The van der Waals surface area contributed by atoms with Crippen LogP contribution >= 0.6 is 0 Å². The van der Waals surface area contributed by atoms with Gasteiger partial charge in [0.1, 0.15) is 5.82 Å². The molecule has 2 aromatic heterocycles. The van der Waals surface area contributed by atoms with Crippen LogP contribution in [0, 0.1) is 0 Å². The maximum atomic E-state index is 5.50. The van der Waals surface area contributed by atoms with Gasteiger partial charge in [-0.05, 0) is 41.1 Å². The Hall–Kier alpha value is -3.13. The second kappa shape index (κ2) is 7.93. The molecule has 24 heavy (non-hydrogen) atoms. The number of tetrazole rings is 1. The highest BCUT2D eigenvalue weighted by Crippen LogP contribution is 2.20. The number of hydrogen-bond acceptors (Lipinski definition) is 7. The number of nitrogens with two attached hydrogens (primary N) is 1. The zero-order valence-electron chi connectivity index (χ0n) is 13.1. The minimum Gasteiger partial charge on any atom is -0.369 e. The average molecular weight is 322 g/mol. The molecule has 3 aromatic rings. The number of anilines is 1. The highest BCUT2D eigenvalue weighted by Gasteiger charge is 2.02. The molecule has 8 nitrogen and oxygen atoms in total. The molecular formula is C16H18N8. The standard InChI is InChI=1S/C16H18N8/c17-7-2-8-19-16-11-18-10-14(20-16)13-4-1-3-12(9-13)5-6-15-21-23-24-22-15/h1,3-6,9-11H,2,7-8,17H2,(H,19,20)(H,21,22,23,24)/b6-5+. The van der Waals surface area contributed by atoms with E-state index < -0.39 is 0 Å². The van der Waals surface area contributed by atoms with Crippen molar-refractivity contribution in [3.63, 3.8) is 0 Å². The Morgan fingerprint density at radius 2 is 2.17 bits per heavy atom. The number of aromatic amines is 1. The number of rotatable bonds is 7. The van der Waals surface area contributed by atoms with E-state index in [1.807, 2.05) is 36.4 Å². The topological polar surface area (TPSA) is 118 Å². The normalized spacial score (nSPS) is 11.0. The van der Waals surface area contributed by atoms with Crippen molar-refractivity contribution in [3.8, 4) is 11.3 Å². The van der Waals surface area contributed by atoms with Crippen LogP contribution in [0.15, 0.2) is 36.7 Å². The fourth-order valence-corrected chi connectivity index (χ4v) is 2.12. The van der Waals surface area contributed by atoms with Gasteiger partial charge in [-0.1, -0.05) is 24.3 Å². The first-order valence-corrected chi connectivity index (χ1v) is 7.63. The van der Waals surface area contributed by atoms with Gasteiger partial charge in [0.25, 0.3) is 0 Å². The monoisotopic (exact) mass is 322 g/mol. The van der Waals surface area contributed by atoms with Gasteiger partial charge in [-0.3, -0.25) is 4.98 Å². The molecule has 0 spiro atoms. The predicted octanol–water partition coefficient (Wildman–Crippen LogP) is 1.59. The van der Waals surface area contributed by atoms with E-state index in [-0.39, 0.29) is 0 Å². The molecule has 0 saturated heterocycles. The van der Waals surface area contributed by atoms with Crippen molar-refractivity contribution in [2.24, 2.45) is 5.73 Å². The van der Waals surface area contributed by atoms with Crippen LogP contribution in [0.3, 0.4) is 0 Å². The van der Waals surface area contributed by atoms with E-state index >= 15 is 0 Å². The van der Waals surface area contributed by atoms with Gasteiger partial charge in [-0.15, -0.1) is 5.10 Å². The van der Waals surface area contributed by atoms with Crippen molar-refractivity contribution in [3.05, 3.63) is 48.0 Å². The summed E-state index contributed by atoms with van der Waals surface area (Å²) >= 11 is 0. The van der Waals surface area contributed by atoms with Gasteiger partial charge in [0, 0.05) is 12.1 Å². The maximum absolute atomic E-state index is 5.50. The molecule has 0 amide bonds. The largest absolute Gasteiger partial charge is 0.369 e. The summed E-state index contributed by atoms with van der Waals surface area (Å²) in [6, 6.07) is 8.01. The predicted molar refractivity (Wildman–Crippen MR) is 92.7 cm³/mol. The highest BCUT2D eigenvalue weighted by atomic mass is 15.5. The van der Waals surface area contributed by atoms with E-state index in [2.05, 4.69) is 35.9 Å². The van der Waals surface area contributed by atoms with Crippen LogP contribution in [0.25, 0.3) is 23.4 Å². The lowest BCUT2D eigenvalue weighted by atomic mass is 10.1. The van der Waals surface area contributed by atoms with Crippen LogP contribution in [-0.2, 0) is 0 Å². The van der Waals surface area contributed by atoms with Crippen LogP contribution in [-0.4, -0.2) is 43.7 Å². The van der Waals surface area contributed by atoms with Crippen molar-refractivity contribution < 1.29 is 0 Å². The molecule has 1 aromatic carbocycles. The average Bonchev–Trinajstić information content (AvgIpc) is 3.14. The summed E-state index contributed by atoms with van der Waals surface area (Å²) < 4.78 is 0. The molecule has 0 atom stereocenters. The van der Waals surface area contributed by atoms with Gasteiger partial charge in [0.05, 0.1) is 18.1 Å². The molecule has 0 radical (unpaired) electrons. The molecule has 3 rings (SSSR count). The molecule has 0 unspecified atom stereocenters. The number of aromatic nitrogens is 6.